The van der Waals surface area contributed by atoms with Crippen LogP contribution in [0.25, 0.3) is 11.0 Å². The van der Waals surface area contributed by atoms with Crippen molar-refractivity contribution in [2.24, 2.45) is 5.41 Å². The number of aliphatic hydroxyl groups excluding tert-OH is 1. The fraction of sp³-hybridized carbons (Fsp3) is 0.500. The van der Waals surface area contributed by atoms with E-state index in [2.05, 4.69) is 5.32 Å². The molecule has 0 aliphatic carbocycles. The van der Waals surface area contributed by atoms with Crippen molar-refractivity contribution >= 4 is 16.9 Å². The summed E-state index contributed by atoms with van der Waals surface area (Å²) >= 11 is 0. The first-order valence-electron chi connectivity index (χ1n) is 7.84. The quantitative estimate of drug-likeness (QED) is 0.768. The first-order chi connectivity index (χ1) is 10.9. The lowest BCUT2D eigenvalue weighted by molar-refractivity contribution is 0.0922. The van der Waals surface area contributed by atoms with Gasteiger partial charge in [-0.1, -0.05) is 13.8 Å². The number of ether oxygens (including phenoxy) is 1. The molecule has 0 aliphatic heterocycles. The zero-order valence-corrected chi connectivity index (χ0v) is 14.2. The third-order valence-electron chi connectivity index (χ3n) is 4.09. The lowest BCUT2D eigenvalue weighted by Crippen LogP contribution is -2.26. The van der Waals surface area contributed by atoms with Crippen molar-refractivity contribution in [2.75, 3.05) is 20.3 Å². The number of amides is 1. The van der Waals surface area contributed by atoms with Crippen LogP contribution >= 0.6 is 0 Å². The molecule has 0 saturated carbocycles. The average molecular weight is 319 g/mol. The molecule has 0 saturated heterocycles. The Balaban J connectivity index is 2.02. The predicted molar refractivity (Wildman–Crippen MR) is 89.9 cm³/mol. The van der Waals surface area contributed by atoms with E-state index in [1.165, 1.54) is 0 Å². The molecule has 0 spiro atoms. The van der Waals surface area contributed by atoms with E-state index in [-0.39, 0.29) is 17.9 Å². The Morgan fingerprint density at radius 2 is 2.13 bits per heavy atom. The minimum absolute atomic E-state index is 0.115. The molecule has 5 nitrogen and oxygen atoms in total. The summed E-state index contributed by atoms with van der Waals surface area (Å²) in [5.74, 6) is 0.869. The Morgan fingerprint density at radius 3 is 2.78 bits per heavy atom. The van der Waals surface area contributed by atoms with Crippen LogP contribution in [0.3, 0.4) is 0 Å². The number of rotatable bonds is 7. The van der Waals surface area contributed by atoms with Gasteiger partial charge in [-0.2, -0.15) is 0 Å². The number of carbonyl (C=O) groups is 1. The predicted octanol–water partition coefficient (Wildman–Crippen LogP) is 3.28. The van der Waals surface area contributed by atoms with Crippen molar-refractivity contribution in [3.05, 3.63) is 29.5 Å². The van der Waals surface area contributed by atoms with Crippen molar-refractivity contribution in [2.45, 2.75) is 33.6 Å². The molecule has 1 amide bonds. The van der Waals surface area contributed by atoms with Crippen LogP contribution in [0, 0.1) is 12.3 Å². The molecular formula is C18H25NO4. The molecule has 0 radical (unpaired) electrons. The van der Waals surface area contributed by atoms with Gasteiger partial charge in [-0.25, -0.2) is 0 Å². The van der Waals surface area contributed by atoms with Crippen molar-refractivity contribution in [3.8, 4) is 5.75 Å². The zero-order chi connectivity index (χ0) is 17.0. The normalized spacial score (nSPS) is 11.7. The second kappa shape index (κ2) is 7.04. The number of methoxy groups -OCH3 is 1. The molecule has 1 heterocycles. The maximum atomic E-state index is 12.3. The highest BCUT2D eigenvalue weighted by Crippen LogP contribution is 2.28. The van der Waals surface area contributed by atoms with Gasteiger partial charge in [0.05, 0.1) is 7.11 Å². The number of nitrogens with one attached hydrogen (secondary N) is 1. The van der Waals surface area contributed by atoms with Crippen LogP contribution in [0.15, 0.2) is 22.6 Å². The molecule has 2 rings (SSSR count). The molecule has 0 unspecified atom stereocenters. The molecule has 2 N–H and O–H groups in total. The molecule has 1 aromatic carbocycles. The second-order valence-electron chi connectivity index (χ2n) is 6.60. The molecule has 126 valence electrons. The number of hydrogen-bond acceptors (Lipinski definition) is 4. The fourth-order valence-electron chi connectivity index (χ4n) is 2.47. The van der Waals surface area contributed by atoms with Crippen molar-refractivity contribution in [1.82, 2.24) is 5.32 Å². The minimum Gasteiger partial charge on any atom is -0.497 e. The van der Waals surface area contributed by atoms with E-state index in [1.54, 1.807) is 7.11 Å². The number of fused-ring (bicyclic) bond motifs is 1. The van der Waals surface area contributed by atoms with Crippen LogP contribution in [0.4, 0.5) is 0 Å². The van der Waals surface area contributed by atoms with Crippen molar-refractivity contribution in [1.29, 1.82) is 0 Å². The van der Waals surface area contributed by atoms with Gasteiger partial charge >= 0.3 is 0 Å². The van der Waals surface area contributed by atoms with Gasteiger partial charge in [0.15, 0.2) is 5.76 Å². The van der Waals surface area contributed by atoms with Crippen LogP contribution in [0.2, 0.25) is 0 Å². The molecule has 1 aromatic heterocycles. The number of furan rings is 1. The standard InChI is InChI=1S/C18H25NO4/c1-12-14-10-13(22-4)6-7-15(14)23-16(12)17(21)19-9-5-8-18(2,3)11-20/h6-7,10,20H,5,8-9,11H2,1-4H3,(H,19,21). The first kappa shape index (κ1) is 17.3. The van der Waals surface area contributed by atoms with E-state index in [4.69, 9.17) is 9.15 Å². The average Bonchev–Trinajstić information content (AvgIpc) is 2.88. The van der Waals surface area contributed by atoms with Gasteiger partial charge in [0, 0.05) is 24.1 Å². The zero-order valence-electron chi connectivity index (χ0n) is 14.2. The lowest BCUT2D eigenvalue weighted by Gasteiger charge is -2.21. The van der Waals surface area contributed by atoms with Gasteiger partial charge < -0.3 is 19.6 Å². The van der Waals surface area contributed by atoms with E-state index in [0.717, 1.165) is 29.5 Å². The highest BCUT2D eigenvalue weighted by atomic mass is 16.5. The summed E-state index contributed by atoms with van der Waals surface area (Å²) in [5, 5.41) is 13.0. The maximum absolute atomic E-state index is 12.3. The van der Waals surface area contributed by atoms with Crippen molar-refractivity contribution < 1.29 is 19.1 Å². The van der Waals surface area contributed by atoms with Gasteiger partial charge in [-0.15, -0.1) is 0 Å². The number of aryl methyl sites for hydroxylation is 1. The molecule has 5 heteroatoms. The van der Waals surface area contributed by atoms with Crippen molar-refractivity contribution in [3.63, 3.8) is 0 Å². The second-order valence-corrected chi connectivity index (χ2v) is 6.60. The van der Waals surface area contributed by atoms with Gasteiger partial charge in [0.1, 0.15) is 11.3 Å². The first-order valence-corrected chi connectivity index (χ1v) is 7.84. The van der Waals surface area contributed by atoms with E-state index in [1.807, 2.05) is 39.0 Å². The molecule has 0 aliphatic rings. The third kappa shape index (κ3) is 4.05. The number of aliphatic hydroxyl groups is 1. The van der Waals surface area contributed by atoms with E-state index in [9.17, 15) is 9.90 Å². The Kier molecular flexibility index (Phi) is 5.31. The van der Waals surface area contributed by atoms with Crippen LogP contribution in [-0.2, 0) is 0 Å². The number of benzene rings is 1. The van der Waals surface area contributed by atoms with Crippen LogP contribution in [-0.4, -0.2) is 31.3 Å². The van der Waals surface area contributed by atoms with E-state index < -0.39 is 0 Å². The van der Waals surface area contributed by atoms with Crippen LogP contribution in [0.5, 0.6) is 5.75 Å². The highest BCUT2D eigenvalue weighted by Gasteiger charge is 2.19. The topological polar surface area (TPSA) is 71.7 Å². The van der Waals surface area contributed by atoms with E-state index in [0.29, 0.717) is 17.9 Å². The maximum Gasteiger partial charge on any atom is 0.287 e. The number of carbonyl (C=O) groups excluding carboxylic acids is 1. The van der Waals surface area contributed by atoms with Gasteiger partial charge in [0.2, 0.25) is 0 Å². The summed E-state index contributed by atoms with van der Waals surface area (Å²) < 4.78 is 10.9. The SMILES string of the molecule is COc1ccc2oc(C(=O)NCCCC(C)(C)CO)c(C)c2c1. The van der Waals surface area contributed by atoms with Gasteiger partial charge in [0.25, 0.3) is 5.91 Å². The fourth-order valence-corrected chi connectivity index (χ4v) is 2.47. The summed E-state index contributed by atoms with van der Waals surface area (Å²) in [6, 6.07) is 5.49. The Hall–Kier alpha value is -2.01. The minimum atomic E-state index is -0.209. The molecule has 0 fully saturated rings. The number of hydrogen-bond donors (Lipinski definition) is 2. The highest BCUT2D eigenvalue weighted by molar-refractivity contribution is 5.99. The van der Waals surface area contributed by atoms with Crippen LogP contribution in [0.1, 0.15) is 42.8 Å². The molecule has 2 aromatic rings. The molecule has 0 atom stereocenters. The van der Waals surface area contributed by atoms with E-state index >= 15 is 0 Å². The monoisotopic (exact) mass is 319 g/mol. The summed E-state index contributed by atoms with van der Waals surface area (Å²) in [5.41, 5.74) is 1.37. The summed E-state index contributed by atoms with van der Waals surface area (Å²) in [7, 11) is 1.61. The lowest BCUT2D eigenvalue weighted by atomic mass is 9.89. The Morgan fingerprint density at radius 1 is 1.39 bits per heavy atom. The van der Waals surface area contributed by atoms with Gasteiger partial charge in [-0.3, -0.25) is 4.79 Å². The molecule has 23 heavy (non-hydrogen) atoms. The van der Waals surface area contributed by atoms with Crippen LogP contribution < -0.4 is 10.1 Å². The Labute approximate surface area is 136 Å². The smallest absolute Gasteiger partial charge is 0.287 e. The largest absolute Gasteiger partial charge is 0.497 e. The van der Waals surface area contributed by atoms with Gasteiger partial charge in [-0.05, 0) is 43.4 Å². The Bertz CT molecular complexity index is 688. The third-order valence-corrected chi connectivity index (χ3v) is 4.09. The summed E-state index contributed by atoms with van der Waals surface area (Å²) in [6.45, 7) is 6.58. The molecular weight excluding hydrogens is 294 g/mol. The summed E-state index contributed by atoms with van der Waals surface area (Å²) in [4.78, 5) is 12.3. The molecule has 0 bridgehead atoms. The summed E-state index contributed by atoms with van der Waals surface area (Å²) in [6.07, 6.45) is 1.66.